The SMILES string of the molecule is CCC(=O)N[C@@H](COC1CCCCO1)c1ccccc1. The van der Waals surface area contributed by atoms with Crippen LogP contribution in [0.15, 0.2) is 30.3 Å². The van der Waals surface area contributed by atoms with E-state index >= 15 is 0 Å². The topological polar surface area (TPSA) is 47.6 Å². The van der Waals surface area contributed by atoms with Crippen LogP contribution in [0.2, 0.25) is 0 Å². The first kappa shape index (κ1) is 15.0. The largest absolute Gasteiger partial charge is 0.353 e. The molecule has 1 saturated heterocycles. The fraction of sp³-hybridized carbons (Fsp3) is 0.562. The second-order valence-electron chi connectivity index (χ2n) is 5.01. The number of hydrogen-bond acceptors (Lipinski definition) is 3. The molecule has 1 fully saturated rings. The van der Waals surface area contributed by atoms with Gasteiger partial charge in [-0.05, 0) is 24.8 Å². The van der Waals surface area contributed by atoms with Gasteiger partial charge in [-0.3, -0.25) is 4.79 Å². The summed E-state index contributed by atoms with van der Waals surface area (Å²) in [6.07, 6.45) is 3.52. The summed E-state index contributed by atoms with van der Waals surface area (Å²) in [6.45, 7) is 3.06. The zero-order chi connectivity index (χ0) is 14.2. The number of rotatable bonds is 6. The van der Waals surface area contributed by atoms with E-state index in [9.17, 15) is 4.79 Å². The van der Waals surface area contributed by atoms with Gasteiger partial charge in [0.15, 0.2) is 6.29 Å². The molecule has 0 radical (unpaired) electrons. The predicted octanol–water partition coefficient (Wildman–Crippen LogP) is 2.80. The van der Waals surface area contributed by atoms with Crippen LogP contribution in [0, 0.1) is 0 Å². The Labute approximate surface area is 120 Å². The molecule has 2 atom stereocenters. The zero-order valence-corrected chi connectivity index (χ0v) is 12.0. The number of amides is 1. The second-order valence-corrected chi connectivity index (χ2v) is 5.01. The Bertz CT molecular complexity index is 401. The van der Waals surface area contributed by atoms with E-state index in [0.717, 1.165) is 31.4 Å². The normalized spacial score (nSPS) is 20.4. The minimum Gasteiger partial charge on any atom is -0.353 e. The molecular formula is C16H23NO3. The van der Waals surface area contributed by atoms with Crippen molar-refractivity contribution in [3.8, 4) is 0 Å². The summed E-state index contributed by atoms with van der Waals surface area (Å²) in [6, 6.07) is 9.80. The third-order valence-electron chi connectivity index (χ3n) is 3.44. The standard InChI is InChI=1S/C16H23NO3/c1-2-15(18)17-14(13-8-4-3-5-9-13)12-20-16-10-6-7-11-19-16/h3-5,8-9,14,16H,2,6-7,10-12H2,1H3,(H,17,18)/t14-,16?/m0/s1. The second kappa shape index (κ2) is 8.02. The summed E-state index contributed by atoms with van der Waals surface area (Å²) in [5.41, 5.74) is 1.06. The lowest BCUT2D eigenvalue weighted by molar-refractivity contribution is -0.167. The Balaban J connectivity index is 1.93. The fourth-order valence-electron chi connectivity index (χ4n) is 2.25. The molecule has 1 amide bonds. The molecule has 110 valence electrons. The molecule has 20 heavy (non-hydrogen) atoms. The Morgan fingerprint density at radius 3 is 2.85 bits per heavy atom. The molecule has 0 saturated carbocycles. The van der Waals surface area contributed by atoms with Crippen molar-refractivity contribution < 1.29 is 14.3 Å². The summed E-state index contributed by atoms with van der Waals surface area (Å²) in [7, 11) is 0. The number of carbonyl (C=O) groups excluding carboxylic acids is 1. The summed E-state index contributed by atoms with van der Waals surface area (Å²) >= 11 is 0. The number of hydrogen-bond donors (Lipinski definition) is 1. The molecule has 1 unspecified atom stereocenters. The Morgan fingerprint density at radius 2 is 2.20 bits per heavy atom. The highest BCUT2D eigenvalue weighted by molar-refractivity contribution is 5.76. The summed E-state index contributed by atoms with van der Waals surface area (Å²) in [5, 5.41) is 3.00. The number of nitrogens with one attached hydrogen (secondary N) is 1. The van der Waals surface area contributed by atoms with Crippen molar-refractivity contribution in [1.29, 1.82) is 0 Å². The van der Waals surface area contributed by atoms with Crippen LogP contribution < -0.4 is 5.32 Å². The van der Waals surface area contributed by atoms with E-state index in [1.54, 1.807) is 0 Å². The van der Waals surface area contributed by atoms with Crippen molar-refractivity contribution in [2.24, 2.45) is 0 Å². The molecule has 2 rings (SSSR count). The van der Waals surface area contributed by atoms with E-state index < -0.39 is 0 Å². The average molecular weight is 277 g/mol. The van der Waals surface area contributed by atoms with Crippen LogP contribution in [0.3, 0.4) is 0 Å². The van der Waals surface area contributed by atoms with Gasteiger partial charge in [0.1, 0.15) is 0 Å². The van der Waals surface area contributed by atoms with Gasteiger partial charge in [-0.15, -0.1) is 0 Å². The van der Waals surface area contributed by atoms with E-state index in [0.29, 0.717) is 13.0 Å². The maximum atomic E-state index is 11.6. The summed E-state index contributed by atoms with van der Waals surface area (Å²) in [4.78, 5) is 11.6. The Kier molecular flexibility index (Phi) is 6.02. The van der Waals surface area contributed by atoms with Gasteiger partial charge in [0.25, 0.3) is 0 Å². The summed E-state index contributed by atoms with van der Waals surface area (Å²) in [5.74, 6) is 0.0343. The van der Waals surface area contributed by atoms with Gasteiger partial charge in [-0.2, -0.15) is 0 Å². The van der Waals surface area contributed by atoms with Crippen molar-refractivity contribution in [1.82, 2.24) is 5.32 Å². The molecular weight excluding hydrogens is 254 g/mol. The van der Waals surface area contributed by atoms with Gasteiger partial charge in [-0.25, -0.2) is 0 Å². The smallest absolute Gasteiger partial charge is 0.220 e. The highest BCUT2D eigenvalue weighted by Crippen LogP contribution is 2.18. The third kappa shape index (κ3) is 4.62. The predicted molar refractivity (Wildman–Crippen MR) is 77.2 cm³/mol. The molecule has 1 aliphatic rings. The monoisotopic (exact) mass is 277 g/mol. The van der Waals surface area contributed by atoms with E-state index in [1.165, 1.54) is 0 Å². The van der Waals surface area contributed by atoms with Gasteiger partial charge in [-0.1, -0.05) is 37.3 Å². The first-order valence-corrected chi connectivity index (χ1v) is 7.37. The van der Waals surface area contributed by atoms with Crippen LogP contribution in [0.4, 0.5) is 0 Å². The minimum absolute atomic E-state index is 0.0343. The van der Waals surface area contributed by atoms with Gasteiger partial charge in [0.2, 0.25) is 5.91 Å². The molecule has 0 aliphatic carbocycles. The van der Waals surface area contributed by atoms with E-state index in [2.05, 4.69) is 5.32 Å². The molecule has 1 aliphatic heterocycles. The maximum Gasteiger partial charge on any atom is 0.220 e. The minimum atomic E-state index is -0.131. The lowest BCUT2D eigenvalue weighted by Gasteiger charge is -2.26. The van der Waals surface area contributed by atoms with Gasteiger partial charge < -0.3 is 14.8 Å². The van der Waals surface area contributed by atoms with Crippen LogP contribution in [0.1, 0.15) is 44.2 Å². The number of ether oxygens (including phenoxy) is 2. The van der Waals surface area contributed by atoms with Crippen LogP contribution in [0.25, 0.3) is 0 Å². The van der Waals surface area contributed by atoms with Crippen LogP contribution in [-0.4, -0.2) is 25.4 Å². The molecule has 0 bridgehead atoms. The summed E-state index contributed by atoms with van der Waals surface area (Å²) < 4.78 is 11.4. The van der Waals surface area contributed by atoms with Gasteiger partial charge in [0, 0.05) is 13.0 Å². The van der Waals surface area contributed by atoms with Gasteiger partial charge in [0.05, 0.1) is 12.6 Å². The average Bonchev–Trinajstić information content (AvgIpc) is 2.53. The zero-order valence-electron chi connectivity index (χ0n) is 12.0. The van der Waals surface area contributed by atoms with Crippen molar-refractivity contribution in [3.05, 3.63) is 35.9 Å². The molecule has 0 spiro atoms. The van der Waals surface area contributed by atoms with Gasteiger partial charge >= 0.3 is 0 Å². The fourth-order valence-corrected chi connectivity index (χ4v) is 2.25. The van der Waals surface area contributed by atoms with E-state index in [1.807, 2.05) is 37.3 Å². The quantitative estimate of drug-likeness (QED) is 0.869. The molecule has 1 N–H and O–H groups in total. The molecule has 0 aromatic heterocycles. The number of carbonyl (C=O) groups is 1. The van der Waals surface area contributed by atoms with Crippen molar-refractivity contribution in [2.75, 3.05) is 13.2 Å². The maximum absolute atomic E-state index is 11.6. The first-order chi connectivity index (χ1) is 9.79. The van der Waals surface area contributed by atoms with Crippen LogP contribution in [0.5, 0.6) is 0 Å². The van der Waals surface area contributed by atoms with Crippen molar-refractivity contribution >= 4 is 5.91 Å². The lowest BCUT2D eigenvalue weighted by Crippen LogP contribution is -2.33. The molecule has 4 heteroatoms. The van der Waals surface area contributed by atoms with E-state index in [-0.39, 0.29) is 18.2 Å². The van der Waals surface area contributed by atoms with E-state index in [4.69, 9.17) is 9.47 Å². The lowest BCUT2D eigenvalue weighted by atomic mass is 10.1. The first-order valence-electron chi connectivity index (χ1n) is 7.37. The van der Waals surface area contributed by atoms with Crippen molar-refractivity contribution in [3.63, 3.8) is 0 Å². The number of benzene rings is 1. The Morgan fingerprint density at radius 1 is 1.40 bits per heavy atom. The van der Waals surface area contributed by atoms with Crippen LogP contribution >= 0.6 is 0 Å². The van der Waals surface area contributed by atoms with Crippen molar-refractivity contribution in [2.45, 2.75) is 44.9 Å². The molecule has 1 aromatic rings. The Hall–Kier alpha value is -1.39. The highest BCUT2D eigenvalue weighted by atomic mass is 16.7. The third-order valence-corrected chi connectivity index (χ3v) is 3.44. The molecule has 4 nitrogen and oxygen atoms in total. The molecule has 1 heterocycles. The van der Waals surface area contributed by atoms with Crippen LogP contribution in [-0.2, 0) is 14.3 Å². The highest BCUT2D eigenvalue weighted by Gasteiger charge is 2.19. The molecule has 1 aromatic carbocycles.